The summed E-state index contributed by atoms with van der Waals surface area (Å²) < 4.78 is 27.9. The number of nitrogens with zero attached hydrogens (tertiary/aromatic N) is 1. The molecular formula is C12H14Br2N2O3S. The number of hydrogen-bond acceptors (Lipinski definition) is 3. The lowest BCUT2D eigenvalue weighted by Gasteiger charge is -2.23. The second-order valence-electron chi connectivity index (χ2n) is 4.46. The summed E-state index contributed by atoms with van der Waals surface area (Å²) in [6.45, 7) is 0.360. The van der Waals surface area contributed by atoms with Crippen LogP contribution in [0.4, 0.5) is 0 Å². The quantitative estimate of drug-likeness (QED) is 0.806. The van der Waals surface area contributed by atoms with E-state index < -0.39 is 16.1 Å². The predicted molar refractivity (Wildman–Crippen MR) is 82.8 cm³/mol. The third-order valence-corrected chi connectivity index (χ3v) is 6.63. The van der Waals surface area contributed by atoms with Crippen LogP contribution in [0.3, 0.4) is 0 Å². The maximum atomic E-state index is 12.7. The molecule has 8 heteroatoms. The highest BCUT2D eigenvalue weighted by Gasteiger charge is 2.39. The minimum atomic E-state index is -3.70. The molecule has 0 aliphatic carbocycles. The maximum Gasteiger partial charge on any atom is 0.244 e. The van der Waals surface area contributed by atoms with Gasteiger partial charge in [-0.3, -0.25) is 4.79 Å². The number of amides is 1. The first-order chi connectivity index (χ1) is 9.37. The van der Waals surface area contributed by atoms with Gasteiger partial charge in [-0.1, -0.05) is 15.9 Å². The van der Waals surface area contributed by atoms with Crippen LogP contribution < -0.4 is 5.32 Å². The summed E-state index contributed by atoms with van der Waals surface area (Å²) in [6.07, 6.45) is 1.23. The number of halogens is 2. The fourth-order valence-corrected chi connectivity index (χ4v) is 5.38. The van der Waals surface area contributed by atoms with Crippen molar-refractivity contribution in [1.82, 2.24) is 9.62 Å². The zero-order valence-electron chi connectivity index (χ0n) is 10.8. The van der Waals surface area contributed by atoms with Crippen molar-refractivity contribution in [1.29, 1.82) is 0 Å². The third kappa shape index (κ3) is 2.93. The first kappa shape index (κ1) is 15.9. The van der Waals surface area contributed by atoms with E-state index in [2.05, 4.69) is 37.2 Å². The van der Waals surface area contributed by atoms with Crippen LogP contribution in [0.5, 0.6) is 0 Å². The Balaban J connectivity index is 2.44. The molecule has 5 nitrogen and oxygen atoms in total. The Morgan fingerprint density at radius 3 is 2.75 bits per heavy atom. The molecule has 1 unspecified atom stereocenters. The first-order valence-electron chi connectivity index (χ1n) is 6.06. The summed E-state index contributed by atoms with van der Waals surface area (Å²) in [5.74, 6) is -0.266. The van der Waals surface area contributed by atoms with E-state index in [9.17, 15) is 13.2 Å². The van der Waals surface area contributed by atoms with Gasteiger partial charge >= 0.3 is 0 Å². The number of hydrogen-bond donors (Lipinski definition) is 1. The Labute approximate surface area is 135 Å². The lowest BCUT2D eigenvalue weighted by Crippen LogP contribution is -2.44. The van der Waals surface area contributed by atoms with Gasteiger partial charge in [0, 0.05) is 22.5 Å². The van der Waals surface area contributed by atoms with E-state index in [1.165, 1.54) is 11.4 Å². The molecule has 0 bridgehead atoms. The number of rotatable bonds is 3. The summed E-state index contributed by atoms with van der Waals surface area (Å²) in [5.41, 5.74) is 0. The van der Waals surface area contributed by atoms with E-state index in [0.29, 0.717) is 28.3 Å². The second-order valence-corrected chi connectivity index (χ2v) is 8.09. The van der Waals surface area contributed by atoms with Gasteiger partial charge in [0.1, 0.15) is 6.04 Å². The smallest absolute Gasteiger partial charge is 0.244 e. The second kappa shape index (κ2) is 6.13. The summed E-state index contributed by atoms with van der Waals surface area (Å²) in [4.78, 5) is 12.0. The molecule has 1 N–H and O–H groups in total. The van der Waals surface area contributed by atoms with E-state index in [4.69, 9.17) is 0 Å². The van der Waals surface area contributed by atoms with Gasteiger partial charge in [-0.05, 0) is 47.0 Å². The van der Waals surface area contributed by atoms with Crippen LogP contribution in [0, 0.1) is 0 Å². The molecule has 1 saturated heterocycles. The molecule has 1 aliphatic heterocycles. The van der Waals surface area contributed by atoms with Crippen molar-refractivity contribution in [3.63, 3.8) is 0 Å². The van der Waals surface area contributed by atoms with Crippen LogP contribution in [0.25, 0.3) is 0 Å². The van der Waals surface area contributed by atoms with Crippen molar-refractivity contribution in [2.24, 2.45) is 0 Å². The molecular weight excluding hydrogens is 412 g/mol. The van der Waals surface area contributed by atoms with Gasteiger partial charge in [0.25, 0.3) is 0 Å². The fourth-order valence-electron chi connectivity index (χ4n) is 2.26. The number of nitrogens with one attached hydrogen (secondary N) is 1. The fraction of sp³-hybridized carbons (Fsp3) is 0.417. The van der Waals surface area contributed by atoms with Crippen LogP contribution in [0.1, 0.15) is 12.8 Å². The van der Waals surface area contributed by atoms with Gasteiger partial charge in [0.05, 0.1) is 4.90 Å². The lowest BCUT2D eigenvalue weighted by atomic mass is 10.2. The van der Waals surface area contributed by atoms with Crippen molar-refractivity contribution in [2.75, 3.05) is 13.6 Å². The van der Waals surface area contributed by atoms with Gasteiger partial charge in [-0.2, -0.15) is 4.31 Å². The molecule has 0 radical (unpaired) electrons. The molecule has 110 valence electrons. The lowest BCUT2D eigenvalue weighted by molar-refractivity contribution is -0.123. The molecule has 1 aromatic carbocycles. The highest BCUT2D eigenvalue weighted by atomic mass is 79.9. The molecule has 1 aliphatic rings. The molecule has 1 heterocycles. The van der Waals surface area contributed by atoms with Gasteiger partial charge in [-0.25, -0.2) is 8.42 Å². The topological polar surface area (TPSA) is 66.5 Å². The largest absolute Gasteiger partial charge is 0.358 e. The molecule has 1 atom stereocenters. The van der Waals surface area contributed by atoms with E-state index in [-0.39, 0.29) is 10.8 Å². The van der Waals surface area contributed by atoms with Crippen molar-refractivity contribution in [2.45, 2.75) is 23.8 Å². The van der Waals surface area contributed by atoms with E-state index in [1.54, 1.807) is 18.2 Å². The average Bonchev–Trinajstić information content (AvgIpc) is 2.90. The molecule has 1 aromatic rings. The Bertz CT molecular complexity index is 634. The molecule has 20 heavy (non-hydrogen) atoms. The number of sulfonamides is 1. The molecule has 0 aromatic heterocycles. The monoisotopic (exact) mass is 424 g/mol. The number of likely N-dealkylation sites (N-methyl/N-ethyl adjacent to an activating group) is 1. The summed E-state index contributed by atoms with van der Waals surface area (Å²) in [6, 6.07) is 4.33. The van der Waals surface area contributed by atoms with Crippen LogP contribution >= 0.6 is 31.9 Å². The zero-order chi connectivity index (χ0) is 14.9. The van der Waals surface area contributed by atoms with E-state index in [0.717, 1.165) is 0 Å². The van der Waals surface area contributed by atoms with Crippen LogP contribution in [0.2, 0.25) is 0 Å². The highest BCUT2D eigenvalue weighted by molar-refractivity contribution is 9.11. The Hall–Kier alpha value is -0.440. The van der Waals surface area contributed by atoms with Crippen LogP contribution in [-0.4, -0.2) is 38.3 Å². The van der Waals surface area contributed by atoms with E-state index in [1.807, 2.05) is 0 Å². The van der Waals surface area contributed by atoms with Gasteiger partial charge < -0.3 is 5.32 Å². The molecule has 0 spiro atoms. The molecule has 2 rings (SSSR count). The number of carbonyl (C=O) groups excluding carboxylic acids is 1. The van der Waals surface area contributed by atoms with Gasteiger partial charge in [0.15, 0.2) is 0 Å². The van der Waals surface area contributed by atoms with Crippen molar-refractivity contribution in [3.05, 3.63) is 27.1 Å². The minimum Gasteiger partial charge on any atom is -0.358 e. The normalized spacial score (nSPS) is 20.1. The Kier molecular flexibility index (Phi) is 4.88. The SMILES string of the molecule is CNC(=O)C1CCCN1S(=O)(=O)c1cc(Br)ccc1Br. The standard InChI is InChI=1S/C12H14Br2N2O3S/c1-15-12(17)10-3-2-6-16(10)20(18,19)11-7-8(13)4-5-9(11)14/h4-5,7,10H,2-3,6H2,1H3,(H,15,17). The van der Waals surface area contributed by atoms with Crippen LogP contribution in [-0.2, 0) is 14.8 Å². The number of carbonyl (C=O) groups is 1. The third-order valence-electron chi connectivity index (χ3n) is 3.23. The summed E-state index contributed by atoms with van der Waals surface area (Å²) >= 11 is 6.53. The average molecular weight is 426 g/mol. The van der Waals surface area contributed by atoms with Gasteiger partial charge in [0.2, 0.25) is 15.9 Å². The highest BCUT2D eigenvalue weighted by Crippen LogP contribution is 2.32. The predicted octanol–water partition coefficient (Wildman–Crippen LogP) is 2.11. The number of benzene rings is 1. The molecule has 1 fully saturated rings. The molecule has 1 amide bonds. The molecule has 0 saturated carbocycles. The van der Waals surface area contributed by atoms with Crippen LogP contribution in [0.15, 0.2) is 32.0 Å². The maximum absolute atomic E-state index is 12.7. The first-order valence-corrected chi connectivity index (χ1v) is 9.09. The van der Waals surface area contributed by atoms with Gasteiger partial charge in [-0.15, -0.1) is 0 Å². The van der Waals surface area contributed by atoms with Crippen molar-refractivity contribution in [3.8, 4) is 0 Å². The minimum absolute atomic E-state index is 0.169. The Morgan fingerprint density at radius 1 is 1.40 bits per heavy atom. The van der Waals surface area contributed by atoms with Crippen molar-refractivity contribution >= 4 is 47.8 Å². The van der Waals surface area contributed by atoms with E-state index >= 15 is 0 Å². The van der Waals surface area contributed by atoms with Crippen molar-refractivity contribution < 1.29 is 13.2 Å². The Morgan fingerprint density at radius 2 is 2.10 bits per heavy atom. The zero-order valence-corrected chi connectivity index (χ0v) is 14.8. The summed E-state index contributed by atoms with van der Waals surface area (Å²) in [7, 11) is -2.19. The summed E-state index contributed by atoms with van der Waals surface area (Å²) in [5, 5.41) is 2.52.